The van der Waals surface area contributed by atoms with Crippen molar-refractivity contribution in [1.29, 1.82) is 0 Å². The molecule has 0 amide bonds. The Morgan fingerprint density at radius 2 is 1.26 bits per heavy atom. The van der Waals surface area contributed by atoms with Gasteiger partial charge < -0.3 is 4.90 Å². The summed E-state index contributed by atoms with van der Waals surface area (Å²) in [6.07, 6.45) is 3.42. The Bertz CT molecular complexity index is 824. The van der Waals surface area contributed by atoms with Gasteiger partial charge in [0.25, 0.3) is 0 Å². The summed E-state index contributed by atoms with van der Waals surface area (Å²) in [4.78, 5) is 26.1. The molecular formula is C19H22ClN7. The van der Waals surface area contributed by atoms with Crippen molar-refractivity contribution in [2.45, 2.75) is 39.8 Å². The molecule has 0 bridgehead atoms. The highest BCUT2D eigenvalue weighted by Crippen LogP contribution is 2.30. The van der Waals surface area contributed by atoms with Gasteiger partial charge in [0.1, 0.15) is 11.6 Å². The van der Waals surface area contributed by atoms with Crippen molar-refractivity contribution < 1.29 is 0 Å². The van der Waals surface area contributed by atoms with Gasteiger partial charge in [-0.05, 0) is 63.6 Å². The second-order valence-corrected chi connectivity index (χ2v) is 6.85. The van der Waals surface area contributed by atoms with E-state index in [1.807, 2.05) is 36.4 Å². The highest BCUT2D eigenvalue weighted by molar-refractivity contribution is 6.28. The van der Waals surface area contributed by atoms with Crippen molar-refractivity contribution in [1.82, 2.24) is 24.9 Å². The van der Waals surface area contributed by atoms with Crippen LogP contribution in [0.4, 0.5) is 23.5 Å². The molecule has 3 rings (SSSR count). The van der Waals surface area contributed by atoms with Crippen LogP contribution < -0.4 is 9.80 Å². The molecule has 0 saturated heterocycles. The first-order valence-corrected chi connectivity index (χ1v) is 9.17. The van der Waals surface area contributed by atoms with Gasteiger partial charge >= 0.3 is 0 Å². The third-order valence-corrected chi connectivity index (χ3v) is 4.05. The number of aromatic nitrogens is 5. The summed E-state index contributed by atoms with van der Waals surface area (Å²) < 4.78 is 0. The highest BCUT2D eigenvalue weighted by atomic mass is 35.5. The molecule has 0 unspecified atom stereocenters. The molecule has 3 aromatic rings. The fourth-order valence-electron chi connectivity index (χ4n) is 2.90. The van der Waals surface area contributed by atoms with Gasteiger partial charge in [0.05, 0.1) is 0 Å². The largest absolute Gasteiger partial charge is 0.336 e. The molecule has 0 aliphatic heterocycles. The molecule has 0 spiro atoms. The van der Waals surface area contributed by atoms with Gasteiger partial charge in [-0.1, -0.05) is 12.1 Å². The van der Waals surface area contributed by atoms with E-state index in [0.29, 0.717) is 23.5 Å². The molecule has 0 aromatic carbocycles. The molecule has 0 saturated carbocycles. The summed E-state index contributed by atoms with van der Waals surface area (Å²) in [5, 5.41) is 0.123. The number of nitrogens with zero attached hydrogens (tertiary/aromatic N) is 7. The monoisotopic (exact) mass is 383 g/mol. The lowest BCUT2D eigenvalue weighted by atomic mass is 10.2. The Labute approximate surface area is 164 Å². The minimum atomic E-state index is 0.123. The number of hydrogen-bond acceptors (Lipinski definition) is 7. The van der Waals surface area contributed by atoms with Crippen LogP contribution in [0.25, 0.3) is 0 Å². The van der Waals surface area contributed by atoms with Crippen LogP contribution in [0.1, 0.15) is 27.7 Å². The van der Waals surface area contributed by atoms with Crippen LogP contribution in [0.2, 0.25) is 5.28 Å². The van der Waals surface area contributed by atoms with Crippen LogP contribution in [0, 0.1) is 0 Å². The van der Waals surface area contributed by atoms with Crippen molar-refractivity contribution in [3.05, 3.63) is 54.1 Å². The zero-order valence-corrected chi connectivity index (χ0v) is 16.5. The fourth-order valence-corrected chi connectivity index (χ4v) is 3.05. The highest BCUT2D eigenvalue weighted by Gasteiger charge is 2.23. The van der Waals surface area contributed by atoms with Crippen molar-refractivity contribution in [2.75, 3.05) is 9.80 Å². The molecule has 0 aliphatic rings. The van der Waals surface area contributed by atoms with Crippen LogP contribution in [0.5, 0.6) is 0 Å². The Morgan fingerprint density at radius 1 is 0.741 bits per heavy atom. The summed E-state index contributed by atoms with van der Waals surface area (Å²) in [5.74, 6) is 2.18. The summed E-state index contributed by atoms with van der Waals surface area (Å²) >= 11 is 6.27. The Morgan fingerprint density at radius 3 is 1.70 bits per heavy atom. The van der Waals surface area contributed by atoms with Crippen LogP contribution in [0.15, 0.2) is 48.8 Å². The van der Waals surface area contributed by atoms with Gasteiger partial charge in [-0.15, -0.1) is 0 Å². The van der Waals surface area contributed by atoms with E-state index in [2.05, 4.69) is 52.5 Å². The summed E-state index contributed by atoms with van der Waals surface area (Å²) in [5.41, 5.74) is 0. The molecule has 7 nitrogen and oxygen atoms in total. The van der Waals surface area contributed by atoms with Crippen molar-refractivity contribution in [3.63, 3.8) is 0 Å². The van der Waals surface area contributed by atoms with Crippen LogP contribution >= 0.6 is 11.6 Å². The topological polar surface area (TPSA) is 70.9 Å². The molecular weight excluding hydrogens is 362 g/mol. The van der Waals surface area contributed by atoms with Gasteiger partial charge in [-0.25, -0.2) is 14.9 Å². The number of halogens is 1. The van der Waals surface area contributed by atoms with E-state index in [0.717, 1.165) is 0 Å². The fraction of sp³-hybridized carbons (Fsp3) is 0.316. The Balaban J connectivity index is 2.16. The van der Waals surface area contributed by atoms with Gasteiger partial charge in [0.2, 0.25) is 17.2 Å². The van der Waals surface area contributed by atoms with E-state index < -0.39 is 0 Å². The van der Waals surface area contributed by atoms with Crippen molar-refractivity contribution >= 4 is 35.1 Å². The third kappa shape index (κ3) is 4.31. The lowest BCUT2D eigenvalue weighted by Gasteiger charge is -2.31. The van der Waals surface area contributed by atoms with E-state index in [9.17, 15) is 0 Å². The zero-order valence-electron chi connectivity index (χ0n) is 15.8. The molecule has 3 heterocycles. The minimum Gasteiger partial charge on any atom is -0.336 e. The van der Waals surface area contributed by atoms with Gasteiger partial charge in [-0.3, -0.25) is 0 Å². The van der Waals surface area contributed by atoms with Gasteiger partial charge in [0.15, 0.2) is 0 Å². The average molecular weight is 384 g/mol. The van der Waals surface area contributed by atoms with E-state index in [1.165, 1.54) is 0 Å². The molecule has 0 aliphatic carbocycles. The molecule has 0 N–H and O–H groups in total. The van der Waals surface area contributed by atoms with E-state index >= 15 is 0 Å². The number of pyridine rings is 2. The van der Waals surface area contributed by atoms with Gasteiger partial charge in [-0.2, -0.15) is 15.0 Å². The van der Waals surface area contributed by atoms with Crippen molar-refractivity contribution in [2.24, 2.45) is 0 Å². The predicted molar refractivity (Wildman–Crippen MR) is 108 cm³/mol. The molecule has 27 heavy (non-hydrogen) atoms. The van der Waals surface area contributed by atoms with Crippen LogP contribution in [0.3, 0.4) is 0 Å². The maximum atomic E-state index is 6.27. The summed E-state index contributed by atoms with van der Waals surface area (Å²) in [6, 6.07) is 11.6. The first-order chi connectivity index (χ1) is 13.0. The second kappa shape index (κ2) is 8.26. The van der Waals surface area contributed by atoms with Gasteiger partial charge in [0, 0.05) is 24.5 Å². The van der Waals surface area contributed by atoms with Crippen LogP contribution in [-0.2, 0) is 0 Å². The minimum absolute atomic E-state index is 0.123. The molecule has 0 fully saturated rings. The Kier molecular flexibility index (Phi) is 5.81. The maximum Gasteiger partial charge on any atom is 0.243 e. The summed E-state index contributed by atoms with van der Waals surface area (Å²) in [6.45, 7) is 8.36. The van der Waals surface area contributed by atoms with E-state index in [-0.39, 0.29) is 17.4 Å². The van der Waals surface area contributed by atoms with Crippen LogP contribution in [-0.4, -0.2) is 37.0 Å². The SMILES string of the molecule is CC(C)N(c1nc(Cl)nc(N(c2ccccn2)c2ccccn2)n1)C(C)C. The Hall–Kier alpha value is -2.80. The quantitative estimate of drug-likeness (QED) is 0.624. The number of anilines is 4. The molecule has 0 atom stereocenters. The lowest BCUT2D eigenvalue weighted by molar-refractivity contribution is 0.589. The molecule has 3 aromatic heterocycles. The normalized spacial score (nSPS) is 11.1. The maximum absolute atomic E-state index is 6.27. The lowest BCUT2D eigenvalue weighted by Crippen LogP contribution is -2.38. The predicted octanol–water partition coefficient (Wildman–Crippen LogP) is 4.41. The zero-order chi connectivity index (χ0) is 19.4. The summed E-state index contributed by atoms with van der Waals surface area (Å²) in [7, 11) is 0. The third-order valence-electron chi connectivity index (χ3n) is 3.88. The van der Waals surface area contributed by atoms with E-state index in [1.54, 1.807) is 17.3 Å². The number of rotatable bonds is 6. The first-order valence-electron chi connectivity index (χ1n) is 8.79. The standard InChI is InChI=1S/C19H22ClN7/c1-13(2)26(14(3)4)18-23-17(20)24-19(25-18)27(15-9-5-7-11-21-15)16-10-6-8-12-22-16/h5-14H,1-4H3. The average Bonchev–Trinajstić information content (AvgIpc) is 2.63. The number of hydrogen-bond donors (Lipinski definition) is 0. The molecule has 140 valence electrons. The van der Waals surface area contributed by atoms with E-state index in [4.69, 9.17) is 16.6 Å². The van der Waals surface area contributed by atoms with Crippen molar-refractivity contribution in [3.8, 4) is 0 Å². The molecule has 8 heteroatoms. The molecule has 0 radical (unpaired) electrons. The second-order valence-electron chi connectivity index (χ2n) is 6.51. The smallest absolute Gasteiger partial charge is 0.243 e. The first kappa shape index (κ1) is 19.0.